The summed E-state index contributed by atoms with van der Waals surface area (Å²) in [6, 6.07) is 20.0. The zero-order valence-corrected chi connectivity index (χ0v) is 21.3. The van der Waals surface area contributed by atoms with E-state index >= 15 is 0 Å². The lowest BCUT2D eigenvalue weighted by Gasteiger charge is -2.24. The number of hydrogen-bond donors (Lipinski definition) is 3. The number of ether oxygens (including phenoxy) is 1. The van der Waals surface area contributed by atoms with E-state index < -0.39 is 5.54 Å². The van der Waals surface area contributed by atoms with Crippen molar-refractivity contribution in [3.8, 4) is 28.5 Å². The molecule has 0 unspecified atom stereocenters. The fourth-order valence-electron chi connectivity index (χ4n) is 4.61. The van der Waals surface area contributed by atoms with Crippen LogP contribution >= 0.6 is 0 Å². The van der Waals surface area contributed by atoms with Crippen LogP contribution in [0.2, 0.25) is 0 Å². The number of rotatable bonds is 5. The number of fused-ring (bicyclic) bond motifs is 1. The molecule has 8 heteroatoms. The maximum atomic E-state index is 13.6. The highest BCUT2D eigenvalue weighted by Crippen LogP contribution is 2.37. The van der Waals surface area contributed by atoms with Gasteiger partial charge in [-0.1, -0.05) is 36.4 Å². The summed E-state index contributed by atoms with van der Waals surface area (Å²) in [7, 11) is 1.62. The van der Waals surface area contributed by atoms with Gasteiger partial charge in [0.05, 0.1) is 24.0 Å². The van der Waals surface area contributed by atoms with Crippen molar-refractivity contribution in [3.05, 3.63) is 83.4 Å². The number of anilines is 2. The van der Waals surface area contributed by atoms with Crippen molar-refractivity contribution in [1.82, 2.24) is 14.7 Å². The first-order chi connectivity index (χ1) is 17.6. The van der Waals surface area contributed by atoms with Crippen LogP contribution in [0.3, 0.4) is 0 Å². The molecule has 5 rings (SSSR count). The molecule has 1 aliphatic heterocycles. The lowest BCUT2D eigenvalue weighted by Crippen LogP contribution is -2.27. The molecule has 2 heterocycles. The monoisotopic (exact) mass is 498 g/mol. The van der Waals surface area contributed by atoms with Gasteiger partial charge in [-0.2, -0.15) is 5.10 Å². The average Bonchev–Trinajstić information content (AvgIpc) is 3.48. The molecule has 0 radical (unpaired) electrons. The first kappa shape index (κ1) is 24.2. The maximum Gasteiger partial charge on any atom is 0.260 e. The first-order valence-corrected chi connectivity index (χ1v) is 12.1. The highest BCUT2D eigenvalue weighted by atomic mass is 16.5. The molecule has 4 aromatic rings. The lowest BCUT2D eigenvalue weighted by molar-refractivity contribution is 0.0749. The van der Waals surface area contributed by atoms with Crippen LogP contribution in [-0.2, 0) is 18.6 Å². The third-order valence-corrected chi connectivity index (χ3v) is 6.42. The van der Waals surface area contributed by atoms with Crippen molar-refractivity contribution < 1.29 is 19.7 Å². The topological polar surface area (TPSA) is 99.8 Å². The molecule has 0 fully saturated rings. The zero-order valence-electron chi connectivity index (χ0n) is 21.3. The van der Waals surface area contributed by atoms with Crippen LogP contribution in [0.1, 0.15) is 42.3 Å². The van der Waals surface area contributed by atoms with Crippen LogP contribution in [0.5, 0.6) is 17.2 Å². The summed E-state index contributed by atoms with van der Waals surface area (Å²) in [6.45, 7) is 6.97. The third kappa shape index (κ3) is 4.70. The summed E-state index contributed by atoms with van der Waals surface area (Å²) in [4.78, 5) is 15.3. The highest BCUT2D eigenvalue weighted by molar-refractivity contribution is 6.03. The second-order valence-corrected chi connectivity index (χ2v) is 10.2. The molecule has 0 spiro atoms. The van der Waals surface area contributed by atoms with Gasteiger partial charge in [-0.3, -0.25) is 4.79 Å². The molecule has 190 valence electrons. The summed E-state index contributed by atoms with van der Waals surface area (Å²) in [6.07, 6.45) is 0. The number of carbonyl (C=O) groups is 1. The van der Waals surface area contributed by atoms with Crippen molar-refractivity contribution in [2.24, 2.45) is 0 Å². The smallest absolute Gasteiger partial charge is 0.260 e. The second kappa shape index (κ2) is 9.20. The maximum absolute atomic E-state index is 13.6. The van der Waals surface area contributed by atoms with Gasteiger partial charge in [-0.05, 0) is 44.0 Å². The molecular formula is C29H30N4O4. The van der Waals surface area contributed by atoms with Crippen molar-refractivity contribution in [2.75, 3.05) is 12.4 Å². The summed E-state index contributed by atoms with van der Waals surface area (Å²) >= 11 is 0. The molecule has 1 amide bonds. The van der Waals surface area contributed by atoms with E-state index in [9.17, 15) is 15.0 Å². The van der Waals surface area contributed by atoms with E-state index in [1.165, 1.54) is 12.1 Å². The van der Waals surface area contributed by atoms with Gasteiger partial charge >= 0.3 is 0 Å². The predicted molar refractivity (Wildman–Crippen MR) is 142 cm³/mol. The largest absolute Gasteiger partial charge is 0.508 e. The van der Waals surface area contributed by atoms with E-state index in [0.717, 1.165) is 22.4 Å². The molecule has 1 aliphatic rings. The minimum atomic E-state index is -0.404. The van der Waals surface area contributed by atoms with E-state index in [1.807, 2.05) is 80.1 Å². The van der Waals surface area contributed by atoms with Gasteiger partial charge < -0.3 is 25.2 Å². The molecule has 0 bridgehead atoms. The molecule has 3 N–H and O–H groups in total. The van der Waals surface area contributed by atoms with E-state index in [-0.39, 0.29) is 23.0 Å². The fourth-order valence-corrected chi connectivity index (χ4v) is 4.61. The van der Waals surface area contributed by atoms with Gasteiger partial charge in [0.15, 0.2) is 0 Å². The average molecular weight is 499 g/mol. The Kier molecular flexibility index (Phi) is 6.03. The van der Waals surface area contributed by atoms with Crippen molar-refractivity contribution in [1.29, 1.82) is 0 Å². The van der Waals surface area contributed by atoms with Crippen LogP contribution in [0, 0.1) is 0 Å². The Morgan fingerprint density at radius 3 is 2.32 bits per heavy atom. The number of carbonyl (C=O) groups excluding carboxylic acids is 1. The van der Waals surface area contributed by atoms with Gasteiger partial charge in [-0.15, -0.1) is 0 Å². The minimum absolute atomic E-state index is 0.0928. The number of nitrogens with zero attached hydrogens (tertiary/aromatic N) is 3. The minimum Gasteiger partial charge on any atom is -0.508 e. The van der Waals surface area contributed by atoms with Gasteiger partial charge in [0.2, 0.25) is 0 Å². The predicted octanol–water partition coefficient (Wildman–Crippen LogP) is 5.62. The molecule has 0 aliphatic carbocycles. The van der Waals surface area contributed by atoms with E-state index in [0.29, 0.717) is 30.3 Å². The van der Waals surface area contributed by atoms with Crippen LogP contribution in [0.15, 0.2) is 66.7 Å². The zero-order chi connectivity index (χ0) is 26.3. The molecular weight excluding hydrogens is 468 g/mol. The van der Waals surface area contributed by atoms with Gasteiger partial charge in [0, 0.05) is 36.9 Å². The Balaban J connectivity index is 1.54. The van der Waals surface area contributed by atoms with Crippen molar-refractivity contribution >= 4 is 17.4 Å². The Morgan fingerprint density at radius 2 is 1.68 bits per heavy atom. The molecule has 37 heavy (non-hydrogen) atoms. The molecule has 1 aromatic heterocycles. The number of phenolic OH excluding ortho intramolecular Hbond substituents is 2. The number of methoxy groups -OCH3 is 1. The third-order valence-electron chi connectivity index (χ3n) is 6.42. The van der Waals surface area contributed by atoms with E-state index in [2.05, 4.69) is 5.32 Å². The van der Waals surface area contributed by atoms with E-state index in [1.54, 1.807) is 12.0 Å². The number of benzene rings is 3. The summed E-state index contributed by atoms with van der Waals surface area (Å²) < 4.78 is 7.19. The number of phenols is 2. The van der Waals surface area contributed by atoms with Gasteiger partial charge in [0.25, 0.3) is 5.91 Å². The van der Waals surface area contributed by atoms with Crippen molar-refractivity contribution in [2.45, 2.75) is 39.4 Å². The lowest BCUT2D eigenvalue weighted by atomic mass is 10.1. The number of hydrogen-bond acceptors (Lipinski definition) is 6. The van der Waals surface area contributed by atoms with Crippen LogP contribution in [-0.4, -0.2) is 37.9 Å². The number of nitrogens with one attached hydrogen (secondary N) is 1. The molecule has 0 saturated carbocycles. The van der Waals surface area contributed by atoms with E-state index in [4.69, 9.17) is 9.84 Å². The summed E-state index contributed by atoms with van der Waals surface area (Å²) in [5.41, 5.74) is 3.73. The number of aromatic hydroxyl groups is 2. The Morgan fingerprint density at radius 1 is 0.973 bits per heavy atom. The molecule has 0 saturated heterocycles. The molecule has 0 atom stereocenters. The van der Waals surface area contributed by atoms with Crippen LogP contribution in [0.4, 0.5) is 11.5 Å². The van der Waals surface area contributed by atoms with Crippen LogP contribution in [0.25, 0.3) is 11.3 Å². The fraction of sp³-hybridized carbons (Fsp3) is 0.241. The normalized spacial score (nSPS) is 12.9. The standard InChI is InChI=1S/C29H30N4O4/c1-29(2,3)33-26(15-23(31-33)18-10-7-11-22(12-18)37-4)30-24-13-21(34)14-25(35)27(24)28(36)32-16-19-8-5-6-9-20(19)17-32/h5-15,30,34-35H,16-17H2,1-4H3. The highest BCUT2D eigenvalue weighted by Gasteiger charge is 2.29. The van der Waals surface area contributed by atoms with Gasteiger partial charge in [0.1, 0.15) is 28.6 Å². The second-order valence-electron chi connectivity index (χ2n) is 10.2. The van der Waals surface area contributed by atoms with Crippen LogP contribution < -0.4 is 10.1 Å². The quantitative estimate of drug-likeness (QED) is 0.330. The Bertz CT molecular complexity index is 1460. The summed E-state index contributed by atoms with van der Waals surface area (Å²) in [5.74, 6) is 0.546. The Hall–Kier alpha value is -4.46. The number of amides is 1. The summed E-state index contributed by atoms with van der Waals surface area (Å²) in [5, 5.41) is 29.2. The van der Waals surface area contributed by atoms with Crippen molar-refractivity contribution in [3.63, 3.8) is 0 Å². The molecule has 8 nitrogen and oxygen atoms in total. The number of aromatic nitrogens is 2. The SMILES string of the molecule is COc1cccc(-c2cc(Nc3cc(O)cc(O)c3C(=O)N3Cc4ccccc4C3)n(C(C)(C)C)n2)c1. The molecule has 3 aromatic carbocycles. The Labute approximate surface area is 215 Å². The first-order valence-electron chi connectivity index (χ1n) is 12.1. The van der Waals surface area contributed by atoms with Gasteiger partial charge in [-0.25, -0.2) is 4.68 Å².